The Morgan fingerprint density at radius 2 is 1.96 bits per heavy atom. The second-order valence-electron chi connectivity index (χ2n) is 5.75. The monoisotopic (exact) mass is 418 g/mol. The van der Waals surface area contributed by atoms with Gasteiger partial charge >= 0.3 is 0 Å². The molecule has 26 heavy (non-hydrogen) atoms. The third-order valence-corrected chi connectivity index (χ3v) is 4.50. The number of benzene rings is 2. The van der Waals surface area contributed by atoms with Gasteiger partial charge in [0.05, 0.1) is 23.4 Å². The molecule has 0 radical (unpaired) electrons. The zero-order chi connectivity index (χ0) is 18.4. The van der Waals surface area contributed by atoms with E-state index in [1.54, 1.807) is 41.4 Å². The molecule has 1 aliphatic rings. The van der Waals surface area contributed by atoms with Gasteiger partial charge in [0.1, 0.15) is 11.5 Å². The van der Waals surface area contributed by atoms with Crippen molar-refractivity contribution in [2.24, 2.45) is 4.99 Å². The molecule has 1 heterocycles. The fraction of sp³-hybridized carbons (Fsp3) is 0.263. The van der Waals surface area contributed by atoms with E-state index >= 15 is 0 Å². The summed E-state index contributed by atoms with van der Waals surface area (Å²) in [6.07, 6.45) is 1.72. The molecule has 6 nitrogen and oxygen atoms in total. The Hall–Kier alpha value is -2.38. The van der Waals surface area contributed by atoms with E-state index in [1.807, 2.05) is 12.1 Å². The number of phenols is 1. The number of nitrogens with zero attached hydrogens (tertiary/aromatic N) is 2. The number of rotatable bonds is 5. The van der Waals surface area contributed by atoms with Gasteiger partial charge in [-0.15, -0.1) is 0 Å². The van der Waals surface area contributed by atoms with Crippen LogP contribution in [0.25, 0.3) is 0 Å². The van der Waals surface area contributed by atoms with Gasteiger partial charge in [0.2, 0.25) is 0 Å². The van der Waals surface area contributed by atoms with Crippen LogP contribution in [0.5, 0.6) is 11.5 Å². The average molecular weight is 419 g/mol. The van der Waals surface area contributed by atoms with Crippen molar-refractivity contribution in [2.45, 2.75) is 0 Å². The third-order valence-electron chi connectivity index (χ3n) is 3.88. The Kier molecular flexibility index (Phi) is 6.25. The molecule has 2 aromatic carbocycles. The highest BCUT2D eigenvalue weighted by molar-refractivity contribution is 9.10. The van der Waals surface area contributed by atoms with E-state index in [1.165, 1.54) is 0 Å². The summed E-state index contributed by atoms with van der Waals surface area (Å²) in [6.45, 7) is 2.36. The SMILES string of the molecule is O=C(COc1ccc(C=Nc2ccc(O)cc2)cc1Br)N1CCOCC1. The molecule has 136 valence electrons. The lowest BCUT2D eigenvalue weighted by Crippen LogP contribution is -2.43. The molecular weight excluding hydrogens is 400 g/mol. The zero-order valence-corrected chi connectivity index (χ0v) is 15.7. The number of aromatic hydroxyl groups is 1. The topological polar surface area (TPSA) is 71.4 Å². The van der Waals surface area contributed by atoms with Gasteiger partial charge in [-0.1, -0.05) is 0 Å². The summed E-state index contributed by atoms with van der Waals surface area (Å²) in [5.74, 6) is 0.770. The molecule has 0 atom stereocenters. The van der Waals surface area contributed by atoms with Crippen LogP contribution in [0.4, 0.5) is 5.69 Å². The summed E-state index contributed by atoms with van der Waals surface area (Å²) >= 11 is 3.46. The molecule has 1 fully saturated rings. The largest absolute Gasteiger partial charge is 0.508 e. The highest BCUT2D eigenvalue weighted by Crippen LogP contribution is 2.26. The molecular formula is C19H19BrN2O4. The van der Waals surface area contributed by atoms with Crippen molar-refractivity contribution in [3.8, 4) is 11.5 Å². The smallest absolute Gasteiger partial charge is 0.260 e. The summed E-state index contributed by atoms with van der Waals surface area (Å²) in [4.78, 5) is 18.2. The molecule has 1 saturated heterocycles. The van der Waals surface area contributed by atoms with E-state index in [2.05, 4.69) is 20.9 Å². The van der Waals surface area contributed by atoms with Crippen LogP contribution in [0, 0.1) is 0 Å². The Morgan fingerprint density at radius 3 is 2.65 bits per heavy atom. The van der Waals surface area contributed by atoms with Crippen LogP contribution in [0.2, 0.25) is 0 Å². The van der Waals surface area contributed by atoms with Crippen LogP contribution in [0.15, 0.2) is 51.9 Å². The van der Waals surface area contributed by atoms with Gasteiger partial charge in [-0.05, 0) is 64.0 Å². The Bertz CT molecular complexity index is 787. The van der Waals surface area contributed by atoms with E-state index in [-0.39, 0.29) is 18.3 Å². The summed E-state index contributed by atoms with van der Waals surface area (Å²) in [5, 5.41) is 9.28. The van der Waals surface area contributed by atoms with Crippen molar-refractivity contribution in [3.63, 3.8) is 0 Å². The van der Waals surface area contributed by atoms with Crippen LogP contribution in [0.3, 0.4) is 0 Å². The first kappa shape index (κ1) is 18.4. The van der Waals surface area contributed by atoms with Crippen molar-refractivity contribution < 1.29 is 19.4 Å². The van der Waals surface area contributed by atoms with E-state index in [0.29, 0.717) is 32.1 Å². The standard InChI is InChI=1S/C19H19BrN2O4/c20-17-11-14(12-21-15-2-4-16(23)5-3-15)1-6-18(17)26-13-19(24)22-7-9-25-10-8-22/h1-6,11-12,23H,7-10,13H2. The molecule has 0 bridgehead atoms. The van der Waals surface area contributed by atoms with Crippen molar-refractivity contribution in [3.05, 3.63) is 52.5 Å². The number of hydrogen-bond donors (Lipinski definition) is 1. The highest BCUT2D eigenvalue weighted by Gasteiger charge is 2.17. The molecule has 1 N–H and O–H groups in total. The first-order valence-corrected chi connectivity index (χ1v) is 9.02. The summed E-state index contributed by atoms with van der Waals surface area (Å²) in [6, 6.07) is 12.2. The predicted molar refractivity (Wildman–Crippen MR) is 102 cm³/mol. The average Bonchev–Trinajstić information content (AvgIpc) is 2.67. The van der Waals surface area contributed by atoms with Gasteiger partial charge in [0, 0.05) is 19.3 Å². The predicted octanol–water partition coefficient (Wildman–Crippen LogP) is 3.14. The summed E-state index contributed by atoms with van der Waals surface area (Å²) in [5.41, 5.74) is 1.63. The quantitative estimate of drug-likeness (QED) is 0.756. The number of phenolic OH excluding ortho intramolecular Hbond substituents is 1. The van der Waals surface area contributed by atoms with E-state index in [9.17, 15) is 9.90 Å². The molecule has 0 spiro atoms. The third kappa shape index (κ3) is 5.06. The number of hydrogen-bond acceptors (Lipinski definition) is 5. The number of aliphatic imine (C=N–C) groups is 1. The minimum Gasteiger partial charge on any atom is -0.508 e. The molecule has 7 heteroatoms. The van der Waals surface area contributed by atoms with Gasteiger partial charge in [-0.25, -0.2) is 0 Å². The summed E-state index contributed by atoms with van der Waals surface area (Å²) in [7, 11) is 0. The van der Waals surface area contributed by atoms with Crippen molar-refractivity contribution in [1.82, 2.24) is 4.90 Å². The lowest BCUT2D eigenvalue weighted by molar-refractivity contribution is -0.137. The molecule has 0 unspecified atom stereocenters. The van der Waals surface area contributed by atoms with Gasteiger partial charge < -0.3 is 19.5 Å². The van der Waals surface area contributed by atoms with E-state index < -0.39 is 0 Å². The molecule has 2 aromatic rings. The maximum atomic E-state index is 12.1. The van der Waals surface area contributed by atoms with Crippen molar-refractivity contribution >= 4 is 33.7 Å². The van der Waals surface area contributed by atoms with Gasteiger partial charge in [0.15, 0.2) is 6.61 Å². The molecule has 0 saturated carbocycles. The normalized spacial score (nSPS) is 14.6. The number of carbonyl (C=O) groups excluding carboxylic acids is 1. The first-order valence-electron chi connectivity index (χ1n) is 8.23. The molecule has 0 aromatic heterocycles. The second-order valence-corrected chi connectivity index (χ2v) is 6.60. The summed E-state index contributed by atoms with van der Waals surface area (Å²) < 4.78 is 11.6. The Balaban J connectivity index is 1.58. The van der Waals surface area contributed by atoms with E-state index in [4.69, 9.17) is 9.47 Å². The van der Waals surface area contributed by atoms with Crippen LogP contribution in [0.1, 0.15) is 5.56 Å². The second kappa shape index (κ2) is 8.82. The molecule has 1 aliphatic heterocycles. The van der Waals surface area contributed by atoms with E-state index in [0.717, 1.165) is 15.7 Å². The molecule has 1 amide bonds. The minimum absolute atomic E-state index is 0.000452. The number of carbonyl (C=O) groups is 1. The van der Waals surface area contributed by atoms with Crippen molar-refractivity contribution in [1.29, 1.82) is 0 Å². The highest BCUT2D eigenvalue weighted by atomic mass is 79.9. The van der Waals surface area contributed by atoms with Gasteiger partial charge in [-0.3, -0.25) is 9.79 Å². The number of ether oxygens (including phenoxy) is 2. The van der Waals surface area contributed by atoms with Crippen molar-refractivity contribution in [2.75, 3.05) is 32.9 Å². The zero-order valence-electron chi connectivity index (χ0n) is 14.1. The van der Waals surface area contributed by atoms with Crippen LogP contribution >= 0.6 is 15.9 Å². The fourth-order valence-electron chi connectivity index (χ4n) is 2.45. The lowest BCUT2D eigenvalue weighted by Gasteiger charge is -2.26. The number of amides is 1. The lowest BCUT2D eigenvalue weighted by atomic mass is 10.2. The van der Waals surface area contributed by atoms with Gasteiger partial charge in [-0.2, -0.15) is 0 Å². The van der Waals surface area contributed by atoms with Crippen LogP contribution in [-0.2, 0) is 9.53 Å². The molecule has 0 aliphatic carbocycles. The Morgan fingerprint density at radius 1 is 1.23 bits per heavy atom. The maximum Gasteiger partial charge on any atom is 0.260 e. The van der Waals surface area contributed by atoms with Crippen LogP contribution in [-0.4, -0.2) is 55.0 Å². The van der Waals surface area contributed by atoms with Gasteiger partial charge in [0.25, 0.3) is 5.91 Å². The number of morpholine rings is 1. The Labute approximate surface area is 160 Å². The molecule has 3 rings (SSSR count). The van der Waals surface area contributed by atoms with Crippen LogP contribution < -0.4 is 4.74 Å². The maximum absolute atomic E-state index is 12.1. The minimum atomic E-state index is -0.0434. The first-order chi connectivity index (χ1) is 12.6. The fourth-order valence-corrected chi connectivity index (χ4v) is 2.96. The number of halogens is 1.